The molecule has 0 aromatic heterocycles. The van der Waals surface area contributed by atoms with Gasteiger partial charge in [0.25, 0.3) is 0 Å². The van der Waals surface area contributed by atoms with Gasteiger partial charge in [0.05, 0.1) is 0 Å². The first kappa shape index (κ1) is 9.08. The summed E-state index contributed by atoms with van der Waals surface area (Å²) in [6.45, 7) is 3.28. The number of ketones is 1. The number of hydrogen-bond acceptors (Lipinski definition) is 2. The number of hydrogen-bond donors (Lipinski definition) is 0. The van der Waals surface area contributed by atoms with Gasteiger partial charge in [0, 0.05) is 6.42 Å². The van der Waals surface area contributed by atoms with E-state index in [1.165, 1.54) is 0 Å². The van der Waals surface area contributed by atoms with Crippen LogP contribution in [0.25, 0.3) is 0 Å². The van der Waals surface area contributed by atoms with Crippen LogP contribution in [-0.2, 0) is 9.59 Å². The molecule has 0 spiro atoms. The predicted octanol–water partition coefficient (Wildman–Crippen LogP) is 1.50. The summed E-state index contributed by atoms with van der Waals surface area (Å²) in [6.07, 6.45) is 3.78. The molecule has 10 heavy (non-hydrogen) atoms. The smallest absolute Gasteiger partial charge is 0.145 e. The molecule has 0 N–H and O–H groups in total. The van der Waals surface area contributed by atoms with Gasteiger partial charge in [0.1, 0.15) is 12.1 Å². The van der Waals surface area contributed by atoms with Gasteiger partial charge in [-0.1, -0.05) is 6.08 Å². The summed E-state index contributed by atoms with van der Waals surface area (Å²) in [4.78, 5) is 20.4. The number of carbonyl (C=O) groups is 2. The normalized spacial score (nSPS) is 11.2. The van der Waals surface area contributed by atoms with Crippen LogP contribution in [0.4, 0.5) is 0 Å². The molecule has 2 nitrogen and oxygen atoms in total. The third-order valence-electron chi connectivity index (χ3n) is 1.15. The van der Waals surface area contributed by atoms with E-state index in [-0.39, 0.29) is 5.78 Å². The van der Waals surface area contributed by atoms with Crippen molar-refractivity contribution < 1.29 is 9.59 Å². The molecule has 0 aromatic carbocycles. The maximum Gasteiger partial charge on any atom is 0.145 e. The summed E-state index contributed by atoms with van der Waals surface area (Å²) in [5.74, 6) is 0.162. The molecule has 0 aromatic rings. The molecule has 0 atom stereocenters. The monoisotopic (exact) mass is 140 g/mol. The van der Waals surface area contributed by atoms with Crippen molar-refractivity contribution in [3.05, 3.63) is 11.6 Å². The topological polar surface area (TPSA) is 34.1 Å². The van der Waals surface area contributed by atoms with Gasteiger partial charge in [-0.05, 0) is 25.8 Å². The Labute approximate surface area is 60.9 Å². The highest BCUT2D eigenvalue weighted by atomic mass is 16.1. The molecule has 0 bridgehead atoms. The van der Waals surface area contributed by atoms with Crippen molar-refractivity contribution in [2.45, 2.75) is 26.7 Å². The van der Waals surface area contributed by atoms with Crippen molar-refractivity contribution in [3.8, 4) is 0 Å². The van der Waals surface area contributed by atoms with Gasteiger partial charge in [-0.25, -0.2) is 0 Å². The summed E-state index contributed by atoms with van der Waals surface area (Å²) < 4.78 is 0. The lowest BCUT2D eigenvalue weighted by Gasteiger charge is -1.88. The Hall–Kier alpha value is -0.920. The molecular weight excluding hydrogens is 128 g/mol. The molecule has 0 heterocycles. The van der Waals surface area contributed by atoms with E-state index < -0.39 is 0 Å². The van der Waals surface area contributed by atoms with Crippen molar-refractivity contribution in [2.24, 2.45) is 0 Å². The third-order valence-corrected chi connectivity index (χ3v) is 1.15. The lowest BCUT2D eigenvalue weighted by molar-refractivity contribution is -0.117. The van der Waals surface area contributed by atoms with Gasteiger partial charge in [0.2, 0.25) is 0 Å². The molecule has 0 aliphatic carbocycles. The van der Waals surface area contributed by atoms with Gasteiger partial charge in [-0.15, -0.1) is 0 Å². The molecule has 0 amide bonds. The third kappa shape index (κ3) is 5.22. The molecule has 0 rings (SSSR count). The molecule has 0 radical (unpaired) electrons. The summed E-state index contributed by atoms with van der Waals surface area (Å²) in [5, 5.41) is 0. The van der Waals surface area contributed by atoms with Crippen LogP contribution >= 0.6 is 0 Å². The van der Waals surface area contributed by atoms with E-state index >= 15 is 0 Å². The maximum atomic E-state index is 10.4. The summed E-state index contributed by atoms with van der Waals surface area (Å²) in [5.41, 5.74) is 0.696. The minimum absolute atomic E-state index is 0.162. The number of carbonyl (C=O) groups excluding carboxylic acids is 2. The van der Waals surface area contributed by atoms with Crippen molar-refractivity contribution in [1.29, 1.82) is 0 Å². The van der Waals surface area contributed by atoms with Crippen LogP contribution in [0.5, 0.6) is 0 Å². The van der Waals surface area contributed by atoms with Crippen LogP contribution in [0, 0.1) is 0 Å². The van der Waals surface area contributed by atoms with Crippen LogP contribution in [0.15, 0.2) is 11.6 Å². The summed E-state index contributed by atoms with van der Waals surface area (Å²) in [7, 11) is 0. The fraction of sp³-hybridized carbons (Fsp3) is 0.500. The standard InChI is InChI=1S/C8H12O2/c1-7(6-9)4-3-5-8(2)10/h4,6H,3,5H2,1-2H3. The first-order chi connectivity index (χ1) is 4.66. The molecule has 0 saturated carbocycles. The van der Waals surface area contributed by atoms with Gasteiger partial charge in [-0.2, -0.15) is 0 Å². The molecule has 0 saturated heterocycles. The number of allylic oxidation sites excluding steroid dienone is 2. The Morgan fingerprint density at radius 2 is 2.00 bits per heavy atom. The number of rotatable bonds is 4. The largest absolute Gasteiger partial charge is 0.300 e. The van der Waals surface area contributed by atoms with E-state index in [2.05, 4.69) is 0 Å². The zero-order chi connectivity index (χ0) is 7.98. The van der Waals surface area contributed by atoms with E-state index in [0.717, 1.165) is 6.29 Å². The molecule has 0 fully saturated rings. The lowest BCUT2D eigenvalue weighted by Crippen LogP contribution is -1.87. The van der Waals surface area contributed by atoms with E-state index in [4.69, 9.17) is 0 Å². The summed E-state index contributed by atoms with van der Waals surface area (Å²) in [6, 6.07) is 0. The van der Waals surface area contributed by atoms with E-state index in [1.54, 1.807) is 19.9 Å². The minimum atomic E-state index is 0.162. The molecule has 0 unspecified atom stereocenters. The highest BCUT2D eigenvalue weighted by Crippen LogP contribution is 1.95. The zero-order valence-electron chi connectivity index (χ0n) is 6.39. The van der Waals surface area contributed by atoms with Crippen molar-refractivity contribution in [2.75, 3.05) is 0 Å². The van der Waals surface area contributed by atoms with Gasteiger partial charge in [0.15, 0.2) is 0 Å². The van der Waals surface area contributed by atoms with E-state index in [1.807, 2.05) is 0 Å². The maximum absolute atomic E-state index is 10.4. The molecule has 0 aliphatic rings. The predicted molar refractivity (Wildman–Crippen MR) is 39.7 cm³/mol. The van der Waals surface area contributed by atoms with Gasteiger partial charge in [-0.3, -0.25) is 4.79 Å². The lowest BCUT2D eigenvalue weighted by atomic mass is 10.2. The first-order valence-corrected chi connectivity index (χ1v) is 3.28. The number of Topliss-reactive ketones (excluding diaryl/α,β-unsaturated/α-hetero) is 1. The van der Waals surface area contributed by atoms with Crippen molar-refractivity contribution in [3.63, 3.8) is 0 Å². The fourth-order valence-corrected chi connectivity index (χ4v) is 0.551. The molecule has 0 aliphatic heterocycles. The number of aldehydes is 1. The van der Waals surface area contributed by atoms with E-state index in [0.29, 0.717) is 18.4 Å². The van der Waals surface area contributed by atoms with Crippen LogP contribution in [0.2, 0.25) is 0 Å². The molecule has 56 valence electrons. The van der Waals surface area contributed by atoms with Gasteiger partial charge >= 0.3 is 0 Å². The Morgan fingerprint density at radius 1 is 1.40 bits per heavy atom. The van der Waals surface area contributed by atoms with Crippen LogP contribution in [0.3, 0.4) is 0 Å². The summed E-state index contributed by atoms with van der Waals surface area (Å²) >= 11 is 0. The average molecular weight is 140 g/mol. The van der Waals surface area contributed by atoms with Crippen LogP contribution < -0.4 is 0 Å². The molecular formula is C8H12O2. The second-order valence-electron chi connectivity index (χ2n) is 2.31. The molecule has 2 heteroatoms. The van der Waals surface area contributed by atoms with E-state index in [9.17, 15) is 9.59 Å². The minimum Gasteiger partial charge on any atom is -0.300 e. The van der Waals surface area contributed by atoms with Crippen molar-refractivity contribution >= 4 is 12.1 Å². The Balaban J connectivity index is 3.52. The van der Waals surface area contributed by atoms with Crippen LogP contribution in [-0.4, -0.2) is 12.1 Å². The SMILES string of the molecule is CC(=O)CCC=C(C)C=O. The Bertz CT molecular complexity index is 157. The first-order valence-electron chi connectivity index (χ1n) is 3.28. The van der Waals surface area contributed by atoms with Crippen LogP contribution in [0.1, 0.15) is 26.7 Å². The van der Waals surface area contributed by atoms with Crippen molar-refractivity contribution in [1.82, 2.24) is 0 Å². The average Bonchev–Trinajstić information content (AvgIpc) is 1.87. The Kier molecular flexibility index (Phi) is 4.46. The quantitative estimate of drug-likeness (QED) is 0.438. The fourth-order valence-electron chi connectivity index (χ4n) is 0.551. The second kappa shape index (κ2) is 4.91. The zero-order valence-corrected chi connectivity index (χ0v) is 6.39. The Morgan fingerprint density at radius 3 is 2.40 bits per heavy atom. The highest BCUT2D eigenvalue weighted by molar-refractivity contribution is 5.76. The highest BCUT2D eigenvalue weighted by Gasteiger charge is 1.89. The van der Waals surface area contributed by atoms with Gasteiger partial charge < -0.3 is 4.79 Å². The second-order valence-corrected chi connectivity index (χ2v) is 2.31.